The van der Waals surface area contributed by atoms with E-state index in [0.717, 1.165) is 38.1 Å². The van der Waals surface area contributed by atoms with E-state index in [4.69, 9.17) is 4.74 Å². The smallest absolute Gasteiger partial charge is 0.237 e. The topological polar surface area (TPSA) is 61.8 Å². The number of amides is 1. The summed E-state index contributed by atoms with van der Waals surface area (Å²) in [6.45, 7) is 4.53. The van der Waals surface area contributed by atoms with Crippen molar-refractivity contribution in [3.05, 3.63) is 29.8 Å². The molecule has 0 saturated carbocycles. The van der Waals surface area contributed by atoms with Crippen LogP contribution in [0.1, 0.15) is 25.3 Å². The van der Waals surface area contributed by atoms with Crippen LogP contribution >= 0.6 is 0 Å². The van der Waals surface area contributed by atoms with Gasteiger partial charge >= 0.3 is 0 Å². The molecule has 5 nitrogen and oxygen atoms in total. The fraction of sp³-hybridized carbons (Fsp3) is 0.611. The Balaban J connectivity index is 1.74. The van der Waals surface area contributed by atoms with Crippen LogP contribution < -0.4 is 10.1 Å². The molecule has 0 aromatic heterocycles. The lowest BCUT2D eigenvalue weighted by atomic mass is 9.97. The van der Waals surface area contributed by atoms with E-state index in [1.54, 1.807) is 7.11 Å². The molecule has 1 aliphatic rings. The van der Waals surface area contributed by atoms with Crippen molar-refractivity contribution >= 4 is 5.91 Å². The van der Waals surface area contributed by atoms with Crippen molar-refractivity contribution in [1.82, 2.24) is 10.2 Å². The monoisotopic (exact) mass is 320 g/mol. The van der Waals surface area contributed by atoms with E-state index in [1.807, 2.05) is 31.2 Å². The predicted molar refractivity (Wildman–Crippen MR) is 90.6 cm³/mol. The molecule has 1 aromatic rings. The second-order valence-electron chi connectivity index (χ2n) is 6.25. The van der Waals surface area contributed by atoms with Crippen molar-refractivity contribution in [2.45, 2.75) is 32.2 Å². The van der Waals surface area contributed by atoms with Gasteiger partial charge in [-0.1, -0.05) is 12.1 Å². The number of hydrogen-bond acceptors (Lipinski definition) is 4. The fourth-order valence-corrected chi connectivity index (χ4v) is 3.03. The maximum Gasteiger partial charge on any atom is 0.237 e. The number of nitrogens with one attached hydrogen (secondary N) is 1. The van der Waals surface area contributed by atoms with Gasteiger partial charge < -0.3 is 15.2 Å². The van der Waals surface area contributed by atoms with Gasteiger partial charge in [-0.2, -0.15) is 0 Å². The molecule has 2 unspecified atom stereocenters. The van der Waals surface area contributed by atoms with E-state index in [9.17, 15) is 9.90 Å². The highest BCUT2D eigenvalue weighted by Gasteiger charge is 2.26. The number of likely N-dealkylation sites (tertiary alicyclic amines) is 1. The third-order valence-corrected chi connectivity index (χ3v) is 4.61. The Labute approximate surface area is 138 Å². The molecule has 23 heavy (non-hydrogen) atoms. The SMILES string of the molecule is COc1ccc(CCNC(=O)C(C)N2CCCC(CO)C2)cc1. The van der Waals surface area contributed by atoms with Gasteiger partial charge in [0.25, 0.3) is 0 Å². The number of piperidine rings is 1. The number of methoxy groups -OCH3 is 1. The molecular formula is C18H28N2O3. The van der Waals surface area contributed by atoms with Crippen LogP contribution in [0, 0.1) is 5.92 Å². The van der Waals surface area contributed by atoms with Crippen molar-refractivity contribution in [3.8, 4) is 5.75 Å². The van der Waals surface area contributed by atoms with E-state index < -0.39 is 0 Å². The molecule has 5 heteroatoms. The van der Waals surface area contributed by atoms with Crippen molar-refractivity contribution in [2.24, 2.45) is 5.92 Å². The molecule has 0 bridgehead atoms. The molecule has 0 radical (unpaired) electrons. The first kappa shape index (κ1) is 17.8. The molecule has 1 heterocycles. The van der Waals surface area contributed by atoms with Gasteiger partial charge in [0.2, 0.25) is 5.91 Å². The summed E-state index contributed by atoms with van der Waals surface area (Å²) in [4.78, 5) is 14.5. The lowest BCUT2D eigenvalue weighted by Gasteiger charge is -2.35. The van der Waals surface area contributed by atoms with Gasteiger partial charge in [0, 0.05) is 19.7 Å². The van der Waals surface area contributed by atoms with Crippen molar-refractivity contribution in [2.75, 3.05) is 33.4 Å². The van der Waals surface area contributed by atoms with Crippen LogP contribution in [0.25, 0.3) is 0 Å². The van der Waals surface area contributed by atoms with E-state index in [1.165, 1.54) is 5.56 Å². The van der Waals surface area contributed by atoms with Crippen LogP contribution in [-0.2, 0) is 11.2 Å². The van der Waals surface area contributed by atoms with Gasteiger partial charge in [0.05, 0.1) is 13.2 Å². The molecule has 2 rings (SSSR count). The molecule has 1 aliphatic heterocycles. The number of benzene rings is 1. The number of nitrogens with zero attached hydrogens (tertiary/aromatic N) is 1. The summed E-state index contributed by atoms with van der Waals surface area (Å²) in [6.07, 6.45) is 2.91. The molecule has 1 saturated heterocycles. The normalized spacial score (nSPS) is 20.0. The number of rotatable bonds is 7. The second kappa shape index (κ2) is 8.89. The summed E-state index contributed by atoms with van der Waals surface area (Å²) in [5, 5.41) is 12.3. The average molecular weight is 320 g/mol. The predicted octanol–water partition coefficient (Wildman–Crippen LogP) is 1.45. The minimum Gasteiger partial charge on any atom is -0.497 e. The lowest BCUT2D eigenvalue weighted by Crippen LogP contribution is -2.49. The van der Waals surface area contributed by atoms with Crippen molar-refractivity contribution in [1.29, 1.82) is 0 Å². The van der Waals surface area contributed by atoms with Gasteiger partial charge in [-0.05, 0) is 56.3 Å². The van der Waals surface area contributed by atoms with Gasteiger partial charge in [0.15, 0.2) is 0 Å². The molecule has 0 aliphatic carbocycles. The van der Waals surface area contributed by atoms with Gasteiger partial charge in [-0.3, -0.25) is 9.69 Å². The number of carbonyl (C=O) groups excluding carboxylic acids is 1. The molecule has 1 amide bonds. The van der Waals surface area contributed by atoms with Crippen LogP contribution in [0.5, 0.6) is 5.75 Å². The number of aliphatic hydroxyl groups is 1. The van der Waals surface area contributed by atoms with Crippen LogP contribution in [-0.4, -0.2) is 55.3 Å². The fourth-order valence-electron chi connectivity index (χ4n) is 3.03. The summed E-state index contributed by atoms with van der Waals surface area (Å²) in [5.74, 6) is 1.21. The van der Waals surface area contributed by atoms with Crippen LogP contribution in [0.2, 0.25) is 0 Å². The number of carbonyl (C=O) groups is 1. The van der Waals surface area contributed by atoms with E-state index in [-0.39, 0.29) is 18.6 Å². The summed E-state index contributed by atoms with van der Waals surface area (Å²) in [7, 11) is 1.65. The summed E-state index contributed by atoms with van der Waals surface area (Å²) in [5.41, 5.74) is 1.18. The molecular weight excluding hydrogens is 292 g/mol. The Hall–Kier alpha value is -1.59. The molecule has 2 atom stereocenters. The molecule has 0 spiro atoms. The van der Waals surface area contributed by atoms with Gasteiger partial charge in [-0.15, -0.1) is 0 Å². The first-order valence-electron chi connectivity index (χ1n) is 8.39. The van der Waals surface area contributed by atoms with Crippen LogP contribution in [0.15, 0.2) is 24.3 Å². The van der Waals surface area contributed by atoms with Crippen molar-refractivity contribution in [3.63, 3.8) is 0 Å². The molecule has 1 aromatic carbocycles. The highest BCUT2D eigenvalue weighted by Crippen LogP contribution is 2.18. The third-order valence-electron chi connectivity index (χ3n) is 4.61. The minimum absolute atomic E-state index is 0.0668. The van der Waals surface area contributed by atoms with Gasteiger partial charge in [-0.25, -0.2) is 0 Å². The third kappa shape index (κ3) is 5.22. The minimum atomic E-state index is -0.139. The highest BCUT2D eigenvalue weighted by atomic mass is 16.5. The number of hydrogen-bond donors (Lipinski definition) is 2. The quantitative estimate of drug-likeness (QED) is 0.798. The van der Waals surface area contributed by atoms with Crippen molar-refractivity contribution < 1.29 is 14.6 Å². The summed E-state index contributed by atoms with van der Waals surface area (Å²) < 4.78 is 5.14. The van der Waals surface area contributed by atoms with E-state index in [2.05, 4.69) is 10.2 Å². The van der Waals surface area contributed by atoms with Gasteiger partial charge in [0.1, 0.15) is 5.75 Å². The zero-order chi connectivity index (χ0) is 16.7. The Morgan fingerprint density at radius 1 is 1.43 bits per heavy atom. The summed E-state index contributed by atoms with van der Waals surface area (Å²) in [6, 6.07) is 7.76. The molecule has 1 fully saturated rings. The standard InChI is InChI=1S/C18H28N2O3/c1-14(20-11-3-4-16(12-20)13-21)18(22)19-10-9-15-5-7-17(23-2)8-6-15/h5-8,14,16,21H,3-4,9-13H2,1-2H3,(H,19,22). The maximum absolute atomic E-state index is 12.3. The highest BCUT2D eigenvalue weighted by molar-refractivity contribution is 5.81. The number of aliphatic hydroxyl groups excluding tert-OH is 1. The Kier molecular flexibility index (Phi) is 6.86. The second-order valence-corrected chi connectivity index (χ2v) is 6.25. The zero-order valence-corrected chi connectivity index (χ0v) is 14.1. The Morgan fingerprint density at radius 2 is 2.17 bits per heavy atom. The zero-order valence-electron chi connectivity index (χ0n) is 14.1. The molecule has 128 valence electrons. The summed E-state index contributed by atoms with van der Waals surface area (Å²) >= 11 is 0. The first-order chi connectivity index (χ1) is 11.1. The first-order valence-corrected chi connectivity index (χ1v) is 8.39. The molecule has 2 N–H and O–H groups in total. The van der Waals surface area contributed by atoms with E-state index in [0.29, 0.717) is 12.5 Å². The largest absolute Gasteiger partial charge is 0.497 e. The van der Waals surface area contributed by atoms with Crippen LogP contribution in [0.4, 0.5) is 0 Å². The maximum atomic E-state index is 12.3. The average Bonchev–Trinajstić information content (AvgIpc) is 2.61. The number of ether oxygens (including phenoxy) is 1. The Bertz CT molecular complexity index is 490. The van der Waals surface area contributed by atoms with Crippen LogP contribution in [0.3, 0.4) is 0 Å². The van der Waals surface area contributed by atoms with E-state index >= 15 is 0 Å². The lowest BCUT2D eigenvalue weighted by molar-refractivity contribution is -0.126. The Morgan fingerprint density at radius 3 is 2.83 bits per heavy atom.